The zero-order valence-corrected chi connectivity index (χ0v) is 16.3. The first-order valence-corrected chi connectivity index (χ1v) is 11.3. The van der Waals surface area contributed by atoms with Gasteiger partial charge in [0.05, 0.1) is 5.75 Å². The first kappa shape index (κ1) is 18.8. The molecule has 1 aromatic rings. The molecule has 0 aliphatic carbocycles. The molecule has 2 rings (SSSR count). The Morgan fingerprint density at radius 1 is 1.52 bits per heavy atom. The number of hydrogen-bond donors (Lipinski definition) is 1. The van der Waals surface area contributed by atoms with Gasteiger partial charge in [-0.1, -0.05) is 24.0 Å². The molecule has 1 saturated heterocycles. The van der Waals surface area contributed by atoms with Gasteiger partial charge in [-0.15, -0.1) is 0 Å². The fourth-order valence-corrected chi connectivity index (χ4v) is 5.18. The predicted molar refractivity (Wildman–Crippen MR) is 95.4 cm³/mol. The molecule has 1 fully saturated rings. The Bertz CT molecular complexity index is 861. The summed E-state index contributed by atoms with van der Waals surface area (Å²) in [7, 11) is -4.04. The number of thiocarbonyl (C=S) groups is 1. The van der Waals surface area contributed by atoms with Gasteiger partial charge in [-0.2, -0.15) is 8.42 Å². The van der Waals surface area contributed by atoms with Crippen LogP contribution in [0.15, 0.2) is 4.34 Å². The molecule has 0 saturated carbocycles. The van der Waals surface area contributed by atoms with Crippen LogP contribution in [0.5, 0.6) is 0 Å². The Kier molecular flexibility index (Phi) is 6.19. The second-order valence-electron chi connectivity index (χ2n) is 4.33. The summed E-state index contributed by atoms with van der Waals surface area (Å²) in [4.78, 5) is 14.4. The number of carbonyl (C=O) groups excluding carboxylic acids is 1. The van der Waals surface area contributed by atoms with Gasteiger partial charge in [0.25, 0.3) is 16.0 Å². The van der Waals surface area contributed by atoms with Gasteiger partial charge in [0, 0.05) is 18.1 Å². The van der Waals surface area contributed by atoms with E-state index in [0.29, 0.717) is 20.4 Å². The van der Waals surface area contributed by atoms with Crippen molar-refractivity contribution in [3.05, 3.63) is 10.9 Å². The van der Waals surface area contributed by atoms with Crippen molar-refractivity contribution in [1.29, 1.82) is 0 Å². The third-order valence-electron chi connectivity index (χ3n) is 2.79. The molecule has 126 valence electrons. The fraction of sp³-hybridized carbons (Fsp3) is 0.455. The van der Waals surface area contributed by atoms with Gasteiger partial charge in [-0.25, -0.2) is 0 Å². The lowest BCUT2D eigenvalue weighted by Crippen LogP contribution is -2.38. The Labute approximate surface area is 151 Å². The molecule has 12 heteroatoms. The molecule has 0 atom stereocenters. The zero-order chi connectivity index (χ0) is 17.2. The number of hydrogen-bond acceptors (Lipinski definition) is 8. The molecule has 23 heavy (non-hydrogen) atoms. The minimum Gasteiger partial charge on any atom is -0.293 e. The van der Waals surface area contributed by atoms with E-state index in [1.165, 1.54) is 50.3 Å². The lowest BCUT2D eigenvalue weighted by atomic mass is 10.5. The van der Waals surface area contributed by atoms with Crippen LogP contribution in [0.3, 0.4) is 0 Å². The molecule has 0 unspecified atom stereocenters. The number of nitrogens with zero attached hydrogens (tertiary/aromatic N) is 3. The molecular weight excluding hydrogens is 398 g/mol. The highest BCUT2D eigenvalue weighted by Gasteiger charge is 2.35. The molecule has 1 amide bonds. The van der Waals surface area contributed by atoms with Crippen molar-refractivity contribution >= 4 is 72.3 Å². The van der Waals surface area contributed by atoms with Crippen molar-refractivity contribution in [1.82, 2.24) is 10.00 Å². The van der Waals surface area contributed by atoms with E-state index >= 15 is 0 Å². The van der Waals surface area contributed by atoms with Crippen molar-refractivity contribution in [3.8, 4) is 0 Å². The maximum absolute atomic E-state index is 12.4. The molecule has 1 aliphatic rings. The summed E-state index contributed by atoms with van der Waals surface area (Å²) in [5.74, 6) is -0.572. The quantitative estimate of drug-likeness (QED) is 0.322. The van der Waals surface area contributed by atoms with Gasteiger partial charge in [0.2, 0.25) is 4.34 Å². The summed E-state index contributed by atoms with van der Waals surface area (Å²) in [6.07, 6.45) is 3.49. The number of aromatic nitrogens is 2. The molecule has 1 aliphatic heterocycles. The van der Waals surface area contributed by atoms with Crippen LogP contribution in [0.2, 0.25) is 0 Å². The highest BCUT2D eigenvalue weighted by atomic mass is 32.2. The van der Waals surface area contributed by atoms with Crippen molar-refractivity contribution in [2.24, 2.45) is 0 Å². The smallest absolute Gasteiger partial charge is 0.293 e. The molecule has 1 N–H and O–H groups in total. The summed E-state index contributed by atoms with van der Waals surface area (Å²) in [5, 5.41) is 4.32. The second-order valence-corrected chi connectivity index (χ2v) is 9.57. The van der Waals surface area contributed by atoms with Crippen LogP contribution in [0.4, 0.5) is 0 Å². The monoisotopic (exact) mass is 412 g/mol. The molecule has 0 radical (unpaired) electrons. The minimum atomic E-state index is -4.04. The third kappa shape index (κ3) is 4.51. The molecular formula is C11H14N3O4S5+. The number of amides is 1. The van der Waals surface area contributed by atoms with E-state index in [2.05, 4.69) is 5.10 Å². The van der Waals surface area contributed by atoms with Gasteiger partial charge in [0.15, 0.2) is 11.1 Å². The average molecular weight is 413 g/mol. The van der Waals surface area contributed by atoms with Crippen molar-refractivity contribution < 1.29 is 22.1 Å². The third-order valence-corrected chi connectivity index (χ3v) is 7.13. The van der Waals surface area contributed by atoms with Gasteiger partial charge in [0.1, 0.15) is 4.32 Å². The van der Waals surface area contributed by atoms with Crippen LogP contribution < -0.4 is 9.02 Å². The van der Waals surface area contributed by atoms with Crippen LogP contribution in [-0.2, 0) is 14.9 Å². The van der Waals surface area contributed by atoms with E-state index in [9.17, 15) is 13.2 Å². The first-order valence-electron chi connectivity index (χ1n) is 6.43. The number of thioether (sulfide) groups is 2. The SMILES string of the molecule is CCN1C(=O)C(=c2sc(SC)n[n+]2=CCCS(=O)(=O)O)SC1=S. The summed E-state index contributed by atoms with van der Waals surface area (Å²) in [6.45, 7) is 2.34. The largest absolute Gasteiger partial charge is 0.315 e. The van der Waals surface area contributed by atoms with Crippen LogP contribution >= 0.6 is 47.1 Å². The standard InChI is InChI=1S/C11H13N3O4S5/c1-3-13-8(15)7(21-11(13)19)9-14(12-10(20-2)22-9)5-4-6-23(16,17)18/h5H,3-4,6H2,1-2H3/p+1. The summed E-state index contributed by atoms with van der Waals surface area (Å²) in [6, 6.07) is 0. The summed E-state index contributed by atoms with van der Waals surface area (Å²) < 4.78 is 33.8. The fourth-order valence-electron chi connectivity index (χ4n) is 1.76. The second kappa shape index (κ2) is 7.57. The normalized spacial score (nSPS) is 19.1. The molecule has 0 spiro atoms. The van der Waals surface area contributed by atoms with E-state index in [-0.39, 0.29) is 12.3 Å². The van der Waals surface area contributed by atoms with E-state index in [1.807, 2.05) is 13.2 Å². The molecule has 7 nitrogen and oxygen atoms in total. The van der Waals surface area contributed by atoms with Gasteiger partial charge >= 0.3 is 4.66 Å². The molecule has 0 bridgehead atoms. The molecule has 0 aromatic carbocycles. The Morgan fingerprint density at radius 3 is 2.74 bits per heavy atom. The highest BCUT2D eigenvalue weighted by Crippen LogP contribution is 2.31. The Hall–Kier alpha value is -0.530. The highest BCUT2D eigenvalue weighted by molar-refractivity contribution is 8.30. The first-order chi connectivity index (χ1) is 10.8. The summed E-state index contributed by atoms with van der Waals surface area (Å²) >= 11 is 9.18. The average Bonchev–Trinajstić information content (AvgIpc) is 2.98. The van der Waals surface area contributed by atoms with Gasteiger partial charge in [-0.3, -0.25) is 14.2 Å². The van der Waals surface area contributed by atoms with E-state index in [0.717, 1.165) is 4.34 Å². The van der Waals surface area contributed by atoms with Gasteiger partial charge < -0.3 is 0 Å². The van der Waals surface area contributed by atoms with Crippen LogP contribution in [0.1, 0.15) is 13.3 Å². The minimum absolute atomic E-state index is 0.0854. The lowest BCUT2D eigenvalue weighted by Gasteiger charge is -2.08. The van der Waals surface area contributed by atoms with Crippen LogP contribution in [-0.4, -0.2) is 51.8 Å². The van der Waals surface area contributed by atoms with Crippen molar-refractivity contribution in [2.75, 3.05) is 18.6 Å². The van der Waals surface area contributed by atoms with Crippen LogP contribution in [0, 0.1) is 6.21 Å². The van der Waals surface area contributed by atoms with Crippen LogP contribution in [0.25, 0.3) is 4.91 Å². The lowest BCUT2D eigenvalue weighted by molar-refractivity contribution is -0.589. The van der Waals surface area contributed by atoms with Gasteiger partial charge in [-0.05, 0) is 40.6 Å². The maximum Gasteiger partial charge on any atom is 0.315 e. The van der Waals surface area contributed by atoms with Crippen molar-refractivity contribution in [2.45, 2.75) is 17.7 Å². The molecule has 1 aromatic heterocycles. The molecule has 2 heterocycles. The van der Waals surface area contributed by atoms with Crippen molar-refractivity contribution in [3.63, 3.8) is 0 Å². The number of rotatable bonds is 5. The van der Waals surface area contributed by atoms with E-state index in [4.69, 9.17) is 16.8 Å². The van der Waals surface area contributed by atoms with E-state index < -0.39 is 15.9 Å². The maximum atomic E-state index is 12.4. The number of carbonyl (C=O) groups is 1. The topological polar surface area (TPSA) is 93.5 Å². The van der Waals surface area contributed by atoms with E-state index in [1.54, 1.807) is 0 Å². The Morgan fingerprint density at radius 2 is 2.22 bits per heavy atom. The summed E-state index contributed by atoms with van der Waals surface area (Å²) in [5.41, 5.74) is 0. The predicted octanol–water partition coefficient (Wildman–Crippen LogP) is 0.429. The Balaban J connectivity index is 2.53. The zero-order valence-electron chi connectivity index (χ0n) is 12.3.